The molecule has 1 saturated heterocycles. The van der Waals surface area contributed by atoms with Crippen molar-refractivity contribution < 1.29 is 19.0 Å². The highest BCUT2D eigenvalue weighted by atomic mass is 19.1. The minimum absolute atomic E-state index is 0.286. The molecule has 2 aliphatic rings. The number of nitrogens with zero attached hydrogens (tertiary/aromatic N) is 2. The number of imidazole rings is 1. The Balaban J connectivity index is 1.78. The Hall–Kier alpha value is -1.95. The van der Waals surface area contributed by atoms with Crippen LogP contribution in [0.4, 0.5) is 4.39 Å². The van der Waals surface area contributed by atoms with E-state index in [-0.39, 0.29) is 11.9 Å². The molecule has 1 aromatic heterocycles. The lowest BCUT2D eigenvalue weighted by atomic mass is 10.2. The molecule has 0 spiro atoms. The fraction of sp³-hybridized carbons (Fsp3) is 0.467. The number of carboxylic acid groups (broad SMARTS) is 1. The monoisotopic (exact) mass is 290 g/mol. The van der Waals surface area contributed by atoms with Crippen molar-refractivity contribution in [2.24, 2.45) is 0 Å². The van der Waals surface area contributed by atoms with E-state index in [1.807, 2.05) is 4.57 Å². The van der Waals surface area contributed by atoms with Gasteiger partial charge in [0.1, 0.15) is 17.7 Å². The first-order chi connectivity index (χ1) is 10.1. The van der Waals surface area contributed by atoms with Crippen LogP contribution in [0.15, 0.2) is 18.2 Å². The molecule has 0 radical (unpaired) electrons. The summed E-state index contributed by atoms with van der Waals surface area (Å²) in [5.41, 5.74) is 1.51. The van der Waals surface area contributed by atoms with Gasteiger partial charge in [0, 0.05) is 6.04 Å². The molecule has 1 saturated carbocycles. The molecule has 2 unspecified atom stereocenters. The van der Waals surface area contributed by atoms with Gasteiger partial charge in [-0.05, 0) is 43.9 Å². The molecule has 2 atom stereocenters. The molecular weight excluding hydrogens is 275 g/mol. The molecule has 2 aromatic rings. The summed E-state index contributed by atoms with van der Waals surface area (Å²) in [5, 5.41) is 9.04. The van der Waals surface area contributed by atoms with Crippen molar-refractivity contribution in [1.82, 2.24) is 9.55 Å². The third kappa shape index (κ3) is 2.10. The first-order valence-corrected chi connectivity index (χ1v) is 7.19. The number of rotatable bonds is 3. The van der Waals surface area contributed by atoms with E-state index in [4.69, 9.17) is 9.84 Å². The van der Waals surface area contributed by atoms with E-state index in [1.54, 1.807) is 6.07 Å². The first-order valence-electron chi connectivity index (χ1n) is 7.19. The van der Waals surface area contributed by atoms with E-state index in [0.29, 0.717) is 18.9 Å². The molecule has 0 bridgehead atoms. The maximum Gasteiger partial charge on any atom is 0.332 e. The van der Waals surface area contributed by atoms with Crippen molar-refractivity contribution >= 4 is 17.0 Å². The second-order valence-electron chi connectivity index (χ2n) is 5.73. The average Bonchev–Trinajstić information content (AvgIpc) is 3.03. The maximum atomic E-state index is 13.5. The Morgan fingerprint density at radius 1 is 1.33 bits per heavy atom. The number of hydrogen-bond donors (Lipinski definition) is 1. The molecule has 5 nitrogen and oxygen atoms in total. The highest BCUT2D eigenvalue weighted by molar-refractivity contribution is 5.77. The molecule has 0 amide bonds. The Kier molecular flexibility index (Phi) is 2.75. The van der Waals surface area contributed by atoms with Gasteiger partial charge in [-0.15, -0.1) is 0 Å². The van der Waals surface area contributed by atoms with Crippen LogP contribution in [0.1, 0.15) is 43.7 Å². The summed E-state index contributed by atoms with van der Waals surface area (Å²) in [6.07, 6.45) is 2.13. The van der Waals surface area contributed by atoms with E-state index in [2.05, 4.69) is 4.98 Å². The van der Waals surface area contributed by atoms with Crippen molar-refractivity contribution in [3.8, 4) is 0 Å². The van der Waals surface area contributed by atoms with Gasteiger partial charge in [0.25, 0.3) is 0 Å². The van der Waals surface area contributed by atoms with Gasteiger partial charge in [-0.2, -0.15) is 0 Å². The molecule has 1 aliphatic carbocycles. The second kappa shape index (κ2) is 4.53. The Labute approximate surface area is 120 Å². The van der Waals surface area contributed by atoms with Gasteiger partial charge < -0.3 is 14.4 Å². The van der Waals surface area contributed by atoms with Crippen molar-refractivity contribution in [2.75, 3.05) is 0 Å². The molecule has 2 fully saturated rings. The topological polar surface area (TPSA) is 64.3 Å². The van der Waals surface area contributed by atoms with Gasteiger partial charge in [-0.1, -0.05) is 0 Å². The van der Waals surface area contributed by atoms with Crippen LogP contribution in [0.5, 0.6) is 0 Å². The zero-order valence-corrected chi connectivity index (χ0v) is 11.3. The fourth-order valence-electron chi connectivity index (χ4n) is 3.04. The molecule has 2 heterocycles. The number of aromatic nitrogens is 2. The van der Waals surface area contributed by atoms with Crippen molar-refractivity contribution in [2.45, 2.75) is 43.9 Å². The van der Waals surface area contributed by atoms with Crippen molar-refractivity contribution in [3.63, 3.8) is 0 Å². The summed E-state index contributed by atoms with van der Waals surface area (Å²) >= 11 is 0. The van der Waals surface area contributed by atoms with Crippen LogP contribution in [0.3, 0.4) is 0 Å². The minimum atomic E-state index is -0.933. The minimum Gasteiger partial charge on any atom is -0.479 e. The van der Waals surface area contributed by atoms with Crippen LogP contribution in [0.25, 0.3) is 11.0 Å². The van der Waals surface area contributed by atoms with Crippen LogP contribution in [-0.2, 0) is 9.53 Å². The highest BCUT2D eigenvalue weighted by Gasteiger charge is 2.37. The molecule has 1 aromatic carbocycles. The maximum absolute atomic E-state index is 13.5. The van der Waals surface area contributed by atoms with E-state index in [1.165, 1.54) is 12.1 Å². The lowest BCUT2D eigenvalue weighted by Crippen LogP contribution is -2.19. The summed E-state index contributed by atoms with van der Waals surface area (Å²) in [7, 11) is 0. The van der Waals surface area contributed by atoms with Crippen LogP contribution in [0, 0.1) is 5.82 Å². The third-order valence-corrected chi connectivity index (χ3v) is 4.17. The van der Waals surface area contributed by atoms with Gasteiger partial charge in [0.05, 0.1) is 11.0 Å². The van der Waals surface area contributed by atoms with E-state index in [9.17, 15) is 9.18 Å². The van der Waals surface area contributed by atoms with E-state index in [0.717, 1.165) is 29.7 Å². The summed E-state index contributed by atoms with van der Waals surface area (Å²) in [6, 6.07) is 4.88. The molecule has 110 valence electrons. The van der Waals surface area contributed by atoms with Gasteiger partial charge in [-0.3, -0.25) is 0 Å². The number of halogens is 1. The van der Waals surface area contributed by atoms with Crippen molar-refractivity contribution in [3.05, 3.63) is 29.8 Å². The lowest BCUT2D eigenvalue weighted by Gasteiger charge is -2.13. The fourth-order valence-corrected chi connectivity index (χ4v) is 3.04. The summed E-state index contributed by atoms with van der Waals surface area (Å²) in [5.74, 6) is -0.480. The highest BCUT2D eigenvalue weighted by Crippen LogP contribution is 2.43. The average molecular weight is 290 g/mol. The smallest absolute Gasteiger partial charge is 0.332 e. The number of ether oxygens (including phenoxy) is 1. The summed E-state index contributed by atoms with van der Waals surface area (Å²) < 4.78 is 21.2. The molecule has 6 heteroatoms. The number of hydrogen-bond acceptors (Lipinski definition) is 3. The predicted octanol–water partition coefficient (Wildman–Crippen LogP) is 2.82. The van der Waals surface area contributed by atoms with Gasteiger partial charge in [0.15, 0.2) is 6.10 Å². The van der Waals surface area contributed by atoms with E-state index >= 15 is 0 Å². The zero-order valence-electron chi connectivity index (χ0n) is 11.3. The normalized spacial score (nSPS) is 25.6. The molecule has 1 N–H and O–H groups in total. The zero-order chi connectivity index (χ0) is 14.6. The Morgan fingerprint density at radius 3 is 2.81 bits per heavy atom. The number of carbonyl (C=O) groups is 1. The standard InChI is InChI=1S/C15H15FN2O3/c16-8-1-4-10-11(7-8)18(9-2-3-9)14(17-10)12-5-6-13(21-12)15(19)20/h1,4,7,9,12-13H,2-3,5-6H2,(H,19,20). The number of fused-ring (bicyclic) bond motifs is 1. The van der Waals surface area contributed by atoms with Crippen molar-refractivity contribution in [1.29, 1.82) is 0 Å². The largest absolute Gasteiger partial charge is 0.479 e. The molecular formula is C15H15FN2O3. The molecule has 4 rings (SSSR count). The van der Waals surface area contributed by atoms with Gasteiger partial charge >= 0.3 is 5.97 Å². The Morgan fingerprint density at radius 2 is 2.14 bits per heavy atom. The van der Waals surface area contributed by atoms with Crippen LogP contribution >= 0.6 is 0 Å². The number of benzene rings is 1. The molecule has 21 heavy (non-hydrogen) atoms. The first kappa shape index (κ1) is 12.8. The van der Waals surface area contributed by atoms with E-state index < -0.39 is 12.1 Å². The van der Waals surface area contributed by atoms with Crippen LogP contribution < -0.4 is 0 Å². The summed E-state index contributed by atoms with van der Waals surface area (Å²) in [6.45, 7) is 0. The van der Waals surface area contributed by atoms with Crippen LogP contribution in [0.2, 0.25) is 0 Å². The van der Waals surface area contributed by atoms with Crippen LogP contribution in [-0.4, -0.2) is 26.7 Å². The summed E-state index contributed by atoms with van der Waals surface area (Å²) in [4.78, 5) is 15.6. The number of carboxylic acids is 1. The van der Waals surface area contributed by atoms with Gasteiger partial charge in [0.2, 0.25) is 0 Å². The lowest BCUT2D eigenvalue weighted by molar-refractivity contribution is -0.149. The SMILES string of the molecule is O=C(O)C1CCC(c2nc3ccc(F)cc3n2C2CC2)O1. The van der Waals surface area contributed by atoms with Gasteiger partial charge in [-0.25, -0.2) is 14.2 Å². The number of aliphatic carboxylic acids is 1. The predicted molar refractivity (Wildman–Crippen MR) is 72.4 cm³/mol. The third-order valence-electron chi connectivity index (χ3n) is 4.17. The molecule has 1 aliphatic heterocycles. The second-order valence-corrected chi connectivity index (χ2v) is 5.73. The Bertz CT molecular complexity index is 723. The quantitative estimate of drug-likeness (QED) is 0.944.